The molecule has 0 saturated heterocycles. The Balaban J connectivity index is 2.49. The summed E-state index contributed by atoms with van der Waals surface area (Å²) in [6.07, 6.45) is 0. The number of methoxy groups -OCH3 is 1. The van der Waals surface area contributed by atoms with Gasteiger partial charge in [0.15, 0.2) is 5.82 Å². The zero-order valence-electron chi connectivity index (χ0n) is 10.2. The van der Waals surface area contributed by atoms with Gasteiger partial charge >= 0.3 is 0 Å². The molecule has 0 saturated carbocycles. The number of benzene rings is 1. The summed E-state index contributed by atoms with van der Waals surface area (Å²) in [6.45, 7) is 1.04. The Hall–Kier alpha value is -0.980. The monoisotopic (exact) mass is 347 g/mol. The molecule has 1 aromatic heterocycles. The van der Waals surface area contributed by atoms with Crippen LogP contribution in [0.4, 0.5) is 4.39 Å². The quantitative estimate of drug-likeness (QED) is 0.779. The largest absolute Gasteiger partial charge is 0.383 e. The van der Waals surface area contributed by atoms with Crippen molar-refractivity contribution in [1.29, 1.82) is 0 Å². The predicted molar refractivity (Wildman–Crippen MR) is 74.9 cm³/mol. The Morgan fingerprint density at radius 3 is 2.89 bits per heavy atom. The normalized spacial score (nSPS) is 10.9. The van der Waals surface area contributed by atoms with Crippen molar-refractivity contribution in [2.75, 3.05) is 13.7 Å². The smallest absolute Gasteiger partial charge is 0.167 e. The van der Waals surface area contributed by atoms with Crippen molar-refractivity contribution in [2.24, 2.45) is 0 Å². The van der Waals surface area contributed by atoms with Crippen LogP contribution in [0.2, 0.25) is 5.02 Å². The lowest BCUT2D eigenvalue weighted by molar-refractivity contribution is 0.187. The maximum Gasteiger partial charge on any atom is 0.167 e. The van der Waals surface area contributed by atoms with Crippen molar-refractivity contribution in [3.8, 4) is 11.4 Å². The van der Waals surface area contributed by atoms with Crippen LogP contribution in [-0.2, 0) is 16.6 Å². The molecular formula is C12H12BrClFN3O. The Bertz CT molecular complexity index is 576. The van der Waals surface area contributed by atoms with Crippen molar-refractivity contribution in [3.05, 3.63) is 34.9 Å². The van der Waals surface area contributed by atoms with Gasteiger partial charge in [-0.3, -0.25) is 0 Å². The number of hydrogen-bond acceptors (Lipinski definition) is 3. The third-order valence-corrected chi connectivity index (χ3v) is 3.37. The van der Waals surface area contributed by atoms with Crippen LogP contribution in [0.1, 0.15) is 5.82 Å². The molecule has 7 heteroatoms. The van der Waals surface area contributed by atoms with E-state index < -0.39 is 0 Å². The summed E-state index contributed by atoms with van der Waals surface area (Å²) in [6, 6.07) is 4.37. The third kappa shape index (κ3) is 3.13. The highest BCUT2D eigenvalue weighted by atomic mass is 79.9. The van der Waals surface area contributed by atoms with Gasteiger partial charge in [-0.05, 0) is 18.2 Å². The Labute approximate surface area is 123 Å². The van der Waals surface area contributed by atoms with E-state index >= 15 is 0 Å². The minimum Gasteiger partial charge on any atom is -0.383 e. The second-order valence-electron chi connectivity index (χ2n) is 3.84. The lowest BCUT2D eigenvalue weighted by atomic mass is 10.2. The Kier molecular flexibility index (Phi) is 4.90. The number of nitrogens with zero attached hydrogens (tertiary/aromatic N) is 3. The molecule has 19 heavy (non-hydrogen) atoms. The molecule has 0 fully saturated rings. The first kappa shape index (κ1) is 14.4. The van der Waals surface area contributed by atoms with Crippen LogP contribution < -0.4 is 0 Å². The van der Waals surface area contributed by atoms with Crippen molar-refractivity contribution in [2.45, 2.75) is 11.9 Å². The first-order valence-corrected chi connectivity index (χ1v) is 7.09. The van der Waals surface area contributed by atoms with E-state index in [-0.39, 0.29) is 5.82 Å². The van der Waals surface area contributed by atoms with Gasteiger partial charge in [0.25, 0.3) is 0 Å². The van der Waals surface area contributed by atoms with Gasteiger partial charge in [0.2, 0.25) is 0 Å². The van der Waals surface area contributed by atoms with Gasteiger partial charge in [0, 0.05) is 18.7 Å². The molecule has 0 N–H and O–H groups in total. The number of rotatable bonds is 5. The zero-order valence-corrected chi connectivity index (χ0v) is 12.6. The van der Waals surface area contributed by atoms with Gasteiger partial charge in [-0.1, -0.05) is 27.5 Å². The van der Waals surface area contributed by atoms with Crippen LogP contribution in [-0.4, -0.2) is 28.5 Å². The highest BCUT2D eigenvalue weighted by Gasteiger charge is 2.16. The highest BCUT2D eigenvalue weighted by Crippen LogP contribution is 2.25. The van der Waals surface area contributed by atoms with Crippen LogP contribution in [0.5, 0.6) is 0 Å². The summed E-state index contributed by atoms with van der Waals surface area (Å²) in [7, 11) is 1.61. The van der Waals surface area contributed by atoms with Crippen LogP contribution >= 0.6 is 27.5 Å². The molecule has 1 heterocycles. The summed E-state index contributed by atoms with van der Waals surface area (Å²) in [5.74, 6) is 0.787. The molecular weight excluding hydrogens is 337 g/mol. The lowest BCUT2D eigenvalue weighted by Gasteiger charge is -2.09. The summed E-state index contributed by atoms with van der Waals surface area (Å²) in [5.41, 5.74) is 0.336. The Morgan fingerprint density at radius 1 is 1.42 bits per heavy atom. The number of ether oxygens (including phenoxy) is 1. The molecule has 0 aliphatic rings. The highest BCUT2D eigenvalue weighted by molar-refractivity contribution is 9.08. The summed E-state index contributed by atoms with van der Waals surface area (Å²) in [4.78, 5) is 0. The van der Waals surface area contributed by atoms with Crippen molar-refractivity contribution in [1.82, 2.24) is 14.8 Å². The minimum atomic E-state index is -0.378. The molecule has 0 aliphatic carbocycles. The average Bonchev–Trinajstić information content (AvgIpc) is 2.81. The van der Waals surface area contributed by atoms with Gasteiger partial charge in [0.1, 0.15) is 11.6 Å². The molecule has 0 aliphatic heterocycles. The van der Waals surface area contributed by atoms with Gasteiger partial charge in [-0.2, -0.15) is 0 Å². The Morgan fingerprint density at radius 2 is 2.21 bits per heavy atom. The molecule has 0 amide bonds. The van der Waals surface area contributed by atoms with E-state index in [0.29, 0.717) is 40.7 Å². The van der Waals surface area contributed by atoms with Gasteiger partial charge in [0.05, 0.1) is 17.5 Å². The van der Waals surface area contributed by atoms with E-state index in [9.17, 15) is 4.39 Å². The van der Waals surface area contributed by atoms with Crippen molar-refractivity contribution in [3.63, 3.8) is 0 Å². The molecule has 4 nitrogen and oxygen atoms in total. The van der Waals surface area contributed by atoms with Gasteiger partial charge in [-0.25, -0.2) is 4.39 Å². The van der Waals surface area contributed by atoms with Gasteiger partial charge < -0.3 is 9.30 Å². The first-order chi connectivity index (χ1) is 9.17. The maximum atomic E-state index is 13.9. The molecule has 2 rings (SSSR count). The van der Waals surface area contributed by atoms with Crippen molar-refractivity contribution < 1.29 is 9.13 Å². The van der Waals surface area contributed by atoms with E-state index in [4.69, 9.17) is 16.3 Å². The van der Waals surface area contributed by atoms with E-state index in [0.717, 1.165) is 0 Å². The molecule has 102 valence electrons. The number of halogens is 3. The van der Waals surface area contributed by atoms with Crippen molar-refractivity contribution >= 4 is 27.5 Å². The van der Waals surface area contributed by atoms with E-state index in [1.165, 1.54) is 12.1 Å². The minimum absolute atomic E-state index is 0.336. The van der Waals surface area contributed by atoms with E-state index in [1.54, 1.807) is 13.2 Å². The standard InChI is InChI=1S/C12H12BrClFN3O/c1-19-5-4-18-11(7-13)16-17-12(18)9-6-8(14)2-3-10(9)15/h2-3,6H,4-5,7H2,1H3. The fourth-order valence-corrected chi connectivity index (χ4v) is 2.31. The topological polar surface area (TPSA) is 39.9 Å². The zero-order chi connectivity index (χ0) is 13.8. The summed E-state index contributed by atoms with van der Waals surface area (Å²) in [5, 5.41) is 9.07. The van der Waals surface area contributed by atoms with Crippen LogP contribution in [0.15, 0.2) is 18.2 Å². The molecule has 0 atom stereocenters. The molecule has 0 spiro atoms. The van der Waals surface area contributed by atoms with Crippen LogP contribution in [0, 0.1) is 5.82 Å². The van der Waals surface area contributed by atoms with Crippen LogP contribution in [0.3, 0.4) is 0 Å². The fraction of sp³-hybridized carbons (Fsp3) is 0.333. The SMILES string of the molecule is COCCn1c(CBr)nnc1-c1cc(Cl)ccc1F. The average molecular weight is 349 g/mol. The number of alkyl halides is 1. The number of hydrogen-bond donors (Lipinski definition) is 0. The lowest BCUT2D eigenvalue weighted by Crippen LogP contribution is -2.09. The summed E-state index contributed by atoms with van der Waals surface area (Å²) >= 11 is 9.24. The van der Waals surface area contributed by atoms with Crippen LogP contribution in [0.25, 0.3) is 11.4 Å². The first-order valence-electron chi connectivity index (χ1n) is 5.59. The maximum absolute atomic E-state index is 13.9. The molecule has 2 aromatic rings. The van der Waals surface area contributed by atoms with E-state index in [2.05, 4.69) is 26.1 Å². The molecule has 0 bridgehead atoms. The second kappa shape index (κ2) is 6.45. The predicted octanol–water partition coefficient (Wildman–Crippen LogP) is 3.28. The van der Waals surface area contributed by atoms with Gasteiger partial charge in [-0.15, -0.1) is 10.2 Å². The second-order valence-corrected chi connectivity index (χ2v) is 4.84. The fourth-order valence-electron chi connectivity index (χ4n) is 1.72. The molecule has 0 radical (unpaired) electrons. The summed E-state index contributed by atoms with van der Waals surface area (Å²) < 4.78 is 20.7. The number of aromatic nitrogens is 3. The molecule has 1 aromatic carbocycles. The third-order valence-electron chi connectivity index (χ3n) is 2.64. The van der Waals surface area contributed by atoms with E-state index in [1.807, 2.05) is 4.57 Å². The molecule has 0 unspecified atom stereocenters.